The average molecular weight is 336 g/mol. The standard InChI is InChI=1S/C21H24N2O2/c24-20(15-22-21(25)17-10-4-5-11-17)23-19-13-7-6-12-18(19)14-16-8-2-1-3-9-16/h1-3,6-9,12-13,17H,4-5,10-11,14-15H2,(H,22,25)(H,23,24). The molecule has 1 fully saturated rings. The van der Waals surface area contributed by atoms with Crippen molar-refractivity contribution in [2.45, 2.75) is 32.1 Å². The number of anilines is 1. The molecule has 0 bridgehead atoms. The molecule has 2 amide bonds. The maximum atomic E-state index is 12.2. The zero-order chi connectivity index (χ0) is 17.5. The average Bonchev–Trinajstić information content (AvgIpc) is 3.17. The predicted molar refractivity (Wildman–Crippen MR) is 99.3 cm³/mol. The summed E-state index contributed by atoms with van der Waals surface area (Å²) in [6, 6.07) is 17.9. The van der Waals surface area contributed by atoms with E-state index >= 15 is 0 Å². The first-order chi connectivity index (χ1) is 12.2. The summed E-state index contributed by atoms with van der Waals surface area (Å²) in [5, 5.41) is 5.69. The van der Waals surface area contributed by atoms with E-state index in [2.05, 4.69) is 22.8 Å². The Bertz CT molecular complexity index is 722. The van der Waals surface area contributed by atoms with E-state index in [-0.39, 0.29) is 24.3 Å². The van der Waals surface area contributed by atoms with Crippen molar-refractivity contribution in [2.24, 2.45) is 5.92 Å². The number of para-hydroxylation sites is 1. The number of benzene rings is 2. The van der Waals surface area contributed by atoms with E-state index in [1.807, 2.05) is 42.5 Å². The van der Waals surface area contributed by atoms with Crippen LogP contribution in [0, 0.1) is 5.92 Å². The molecule has 1 aliphatic rings. The number of nitrogens with one attached hydrogen (secondary N) is 2. The van der Waals surface area contributed by atoms with Crippen molar-refractivity contribution < 1.29 is 9.59 Å². The van der Waals surface area contributed by atoms with Gasteiger partial charge in [0.15, 0.2) is 0 Å². The van der Waals surface area contributed by atoms with Crippen LogP contribution in [0.5, 0.6) is 0 Å². The summed E-state index contributed by atoms with van der Waals surface area (Å²) in [5.41, 5.74) is 3.05. The van der Waals surface area contributed by atoms with Gasteiger partial charge in [-0.25, -0.2) is 0 Å². The van der Waals surface area contributed by atoms with Crippen LogP contribution in [0.3, 0.4) is 0 Å². The number of carbonyl (C=O) groups excluding carboxylic acids is 2. The van der Waals surface area contributed by atoms with Gasteiger partial charge in [0, 0.05) is 11.6 Å². The number of amides is 2. The molecule has 0 spiro atoms. The Morgan fingerprint density at radius 3 is 2.36 bits per heavy atom. The number of rotatable bonds is 6. The lowest BCUT2D eigenvalue weighted by Gasteiger charge is -2.13. The van der Waals surface area contributed by atoms with Gasteiger partial charge >= 0.3 is 0 Å². The molecule has 130 valence electrons. The molecule has 0 aliphatic heterocycles. The van der Waals surface area contributed by atoms with Gasteiger partial charge in [0.2, 0.25) is 11.8 Å². The van der Waals surface area contributed by atoms with Crippen LogP contribution in [0.15, 0.2) is 54.6 Å². The van der Waals surface area contributed by atoms with Crippen LogP contribution in [-0.4, -0.2) is 18.4 Å². The molecule has 0 saturated heterocycles. The Labute approximate surface area is 148 Å². The van der Waals surface area contributed by atoms with Gasteiger partial charge in [0.1, 0.15) is 0 Å². The van der Waals surface area contributed by atoms with Crippen molar-refractivity contribution in [1.82, 2.24) is 5.32 Å². The van der Waals surface area contributed by atoms with Crippen LogP contribution in [-0.2, 0) is 16.0 Å². The van der Waals surface area contributed by atoms with Gasteiger partial charge < -0.3 is 10.6 Å². The van der Waals surface area contributed by atoms with E-state index in [0.29, 0.717) is 0 Å². The topological polar surface area (TPSA) is 58.2 Å². The van der Waals surface area contributed by atoms with E-state index in [0.717, 1.165) is 43.4 Å². The maximum absolute atomic E-state index is 12.2. The summed E-state index contributed by atoms with van der Waals surface area (Å²) in [7, 11) is 0. The van der Waals surface area contributed by atoms with Crippen molar-refractivity contribution in [3.8, 4) is 0 Å². The zero-order valence-electron chi connectivity index (χ0n) is 14.3. The normalized spacial score (nSPS) is 14.2. The maximum Gasteiger partial charge on any atom is 0.243 e. The monoisotopic (exact) mass is 336 g/mol. The minimum Gasteiger partial charge on any atom is -0.347 e. The smallest absolute Gasteiger partial charge is 0.243 e. The third kappa shape index (κ3) is 4.92. The molecule has 3 rings (SSSR count). The lowest BCUT2D eigenvalue weighted by atomic mass is 10.0. The SMILES string of the molecule is O=C(CNC(=O)C1CCCC1)Nc1ccccc1Cc1ccccc1. The second-order valence-electron chi connectivity index (χ2n) is 6.57. The lowest BCUT2D eigenvalue weighted by Crippen LogP contribution is -2.36. The van der Waals surface area contributed by atoms with Gasteiger partial charge in [-0.15, -0.1) is 0 Å². The van der Waals surface area contributed by atoms with Gasteiger partial charge in [-0.1, -0.05) is 61.4 Å². The number of carbonyl (C=O) groups is 2. The van der Waals surface area contributed by atoms with Crippen molar-refractivity contribution >= 4 is 17.5 Å². The molecular weight excluding hydrogens is 312 g/mol. The minimum atomic E-state index is -0.188. The molecule has 0 atom stereocenters. The van der Waals surface area contributed by atoms with E-state index < -0.39 is 0 Å². The Morgan fingerprint density at radius 2 is 1.60 bits per heavy atom. The lowest BCUT2D eigenvalue weighted by molar-refractivity contribution is -0.127. The Kier molecular flexibility index (Phi) is 5.83. The van der Waals surface area contributed by atoms with Gasteiger partial charge in [-0.3, -0.25) is 9.59 Å². The molecule has 1 saturated carbocycles. The van der Waals surface area contributed by atoms with Crippen LogP contribution in [0.4, 0.5) is 5.69 Å². The van der Waals surface area contributed by atoms with Crippen molar-refractivity contribution in [1.29, 1.82) is 0 Å². The molecule has 0 radical (unpaired) electrons. The van der Waals surface area contributed by atoms with E-state index in [4.69, 9.17) is 0 Å². The molecule has 1 aliphatic carbocycles. The molecule has 0 unspecified atom stereocenters. The zero-order valence-corrected chi connectivity index (χ0v) is 14.3. The van der Waals surface area contributed by atoms with Gasteiger partial charge in [-0.2, -0.15) is 0 Å². The molecular formula is C21H24N2O2. The van der Waals surface area contributed by atoms with Gasteiger partial charge in [0.25, 0.3) is 0 Å². The molecule has 4 heteroatoms. The molecule has 25 heavy (non-hydrogen) atoms. The second kappa shape index (κ2) is 8.47. The first kappa shape index (κ1) is 17.2. The number of hydrogen-bond donors (Lipinski definition) is 2. The van der Waals surface area contributed by atoms with Crippen molar-refractivity contribution in [3.05, 3.63) is 65.7 Å². The van der Waals surface area contributed by atoms with E-state index in [9.17, 15) is 9.59 Å². The fourth-order valence-electron chi connectivity index (χ4n) is 3.31. The quantitative estimate of drug-likeness (QED) is 0.848. The van der Waals surface area contributed by atoms with E-state index in [1.54, 1.807) is 0 Å². The summed E-state index contributed by atoms with van der Waals surface area (Å²) in [6.45, 7) is 0.0228. The first-order valence-corrected chi connectivity index (χ1v) is 8.92. The largest absolute Gasteiger partial charge is 0.347 e. The third-order valence-corrected chi connectivity index (χ3v) is 4.68. The van der Waals surface area contributed by atoms with Gasteiger partial charge in [0.05, 0.1) is 6.54 Å². The Balaban J connectivity index is 1.56. The molecule has 0 heterocycles. The first-order valence-electron chi connectivity index (χ1n) is 8.92. The van der Waals surface area contributed by atoms with Crippen LogP contribution < -0.4 is 10.6 Å². The molecule has 2 aromatic carbocycles. The summed E-state index contributed by atoms with van der Waals surface area (Å²) < 4.78 is 0. The fraction of sp³-hybridized carbons (Fsp3) is 0.333. The number of hydrogen-bond acceptors (Lipinski definition) is 2. The predicted octanol–water partition coefficient (Wildman–Crippen LogP) is 3.52. The summed E-state index contributed by atoms with van der Waals surface area (Å²) in [4.78, 5) is 24.2. The third-order valence-electron chi connectivity index (χ3n) is 4.68. The second-order valence-corrected chi connectivity index (χ2v) is 6.57. The summed E-state index contributed by atoms with van der Waals surface area (Å²) in [6.07, 6.45) is 4.85. The molecule has 2 aromatic rings. The van der Waals surface area contributed by atoms with Crippen LogP contribution >= 0.6 is 0 Å². The van der Waals surface area contributed by atoms with Crippen molar-refractivity contribution in [2.75, 3.05) is 11.9 Å². The van der Waals surface area contributed by atoms with Crippen molar-refractivity contribution in [3.63, 3.8) is 0 Å². The molecule has 0 aromatic heterocycles. The fourth-order valence-corrected chi connectivity index (χ4v) is 3.31. The molecule has 4 nitrogen and oxygen atoms in total. The highest BCUT2D eigenvalue weighted by atomic mass is 16.2. The van der Waals surface area contributed by atoms with Crippen LogP contribution in [0.1, 0.15) is 36.8 Å². The molecule has 2 N–H and O–H groups in total. The summed E-state index contributed by atoms with van der Waals surface area (Å²) >= 11 is 0. The Hall–Kier alpha value is -2.62. The highest BCUT2D eigenvalue weighted by Crippen LogP contribution is 2.24. The van der Waals surface area contributed by atoms with E-state index in [1.165, 1.54) is 5.56 Å². The highest BCUT2D eigenvalue weighted by Gasteiger charge is 2.22. The van der Waals surface area contributed by atoms with Crippen LogP contribution in [0.2, 0.25) is 0 Å². The Morgan fingerprint density at radius 1 is 0.920 bits per heavy atom. The minimum absolute atomic E-state index is 0.00483. The van der Waals surface area contributed by atoms with Gasteiger partial charge in [-0.05, 0) is 36.5 Å². The highest BCUT2D eigenvalue weighted by molar-refractivity contribution is 5.95. The van der Waals surface area contributed by atoms with Crippen LogP contribution in [0.25, 0.3) is 0 Å². The summed E-state index contributed by atoms with van der Waals surface area (Å²) in [5.74, 6) is -0.102.